The standard InChI is InChI=1S/C13H17ClN4O/c1-8-6-9(14)4-5-10(8)12(17-15)13-11(19-3)7-16-18(13)2/h4-7,12,17H,15H2,1-3H3. The fourth-order valence-electron chi connectivity index (χ4n) is 2.19. The second-order valence-corrected chi connectivity index (χ2v) is 4.76. The van der Waals surface area contributed by atoms with E-state index in [1.165, 1.54) is 0 Å². The zero-order valence-electron chi connectivity index (χ0n) is 11.1. The molecule has 2 aromatic rings. The number of hydrogen-bond donors (Lipinski definition) is 2. The molecule has 0 aliphatic rings. The van der Waals surface area contributed by atoms with Crippen molar-refractivity contribution >= 4 is 11.6 Å². The van der Waals surface area contributed by atoms with Crippen LogP contribution in [0.3, 0.4) is 0 Å². The van der Waals surface area contributed by atoms with Crippen LogP contribution in [0.4, 0.5) is 0 Å². The summed E-state index contributed by atoms with van der Waals surface area (Å²) in [4.78, 5) is 0. The van der Waals surface area contributed by atoms with Crippen LogP contribution in [0.1, 0.15) is 22.9 Å². The van der Waals surface area contributed by atoms with Gasteiger partial charge in [-0.15, -0.1) is 0 Å². The molecule has 0 aliphatic carbocycles. The predicted molar refractivity (Wildman–Crippen MR) is 75.1 cm³/mol. The highest BCUT2D eigenvalue weighted by molar-refractivity contribution is 6.30. The van der Waals surface area contributed by atoms with Crippen LogP contribution in [0.15, 0.2) is 24.4 Å². The summed E-state index contributed by atoms with van der Waals surface area (Å²) in [7, 11) is 3.47. The Morgan fingerprint density at radius 1 is 1.47 bits per heavy atom. The SMILES string of the molecule is COc1cnn(C)c1C(NN)c1ccc(Cl)cc1C. The molecule has 0 radical (unpaired) electrons. The van der Waals surface area contributed by atoms with Crippen LogP contribution >= 0.6 is 11.6 Å². The van der Waals surface area contributed by atoms with Crippen molar-refractivity contribution in [2.75, 3.05) is 7.11 Å². The van der Waals surface area contributed by atoms with Gasteiger partial charge in [0.25, 0.3) is 0 Å². The summed E-state index contributed by atoms with van der Waals surface area (Å²) >= 11 is 5.99. The fraction of sp³-hybridized carbons (Fsp3) is 0.308. The molecule has 19 heavy (non-hydrogen) atoms. The van der Waals surface area contributed by atoms with Crippen molar-refractivity contribution in [1.82, 2.24) is 15.2 Å². The van der Waals surface area contributed by atoms with E-state index in [1.54, 1.807) is 18.0 Å². The summed E-state index contributed by atoms with van der Waals surface area (Å²) in [6, 6.07) is 5.50. The number of aromatic nitrogens is 2. The first-order valence-electron chi connectivity index (χ1n) is 5.86. The van der Waals surface area contributed by atoms with Gasteiger partial charge in [0.05, 0.1) is 19.3 Å². The first kappa shape index (κ1) is 13.9. The third-order valence-electron chi connectivity index (χ3n) is 3.15. The maximum atomic E-state index is 5.99. The van der Waals surface area contributed by atoms with Crippen molar-refractivity contribution in [2.24, 2.45) is 12.9 Å². The summed E-state index contributed by atoms with van der Waals surface area (Å²) < 4.78 is 7.08. The summed E-state index contributed by atoms with van der Waals surface area (Å²) in [6.45, 7) is 1.99. The molecule has 5 nitrogen and oxygen atoms in total. The minimum Gasteiger partial charge on any atom is -0.493 e. The van der Waals surface area contributed by atoms with E-state index in [-0.39, 0.29) is 6.04 Å². The number of halogens is 1. The summed E-state index contributed by atoms with van der Waals surface area (Å²) in [5, 5.41) is 4.90. The number of aryl methyl sites for hydroxylation is 2. The molecule has 1 atom stereocenters. The molecular formula is C13H17ClN4O. The largest absolute Gasteiger partial charge is 0.493 e. The van der Waals surface area contributed by atoms with E-state index in [4.69, 9.17) is 22.2 Å². The van der Waals surface area contributed by atoms with E-state index in [1.807, 2.05) is 32.2 Å². The van der Waals surface area contributed by atoms with Gasteiger partial charge in [-0.3, -0.25) is 10.5 Å². The Balaban J connectivity index is 2.52. The molecule has 1 heterocycles. The van der Waals surface area contributed by atoms with Gasteiger partial charge in [-0.1, -0.05) is 17.7 Å². The van der Waals surface area contributed by atoms with Gasteiger partial charge in [0.2, 0.25) is 0 Å². The number of nitrogens with one attached hydrogen (secondary N) is 1. The van der Waals surface area contributed by atoms with Crippen molar-refractivity contribution < 1.29 is 4.74 Å². The number of benzene rings is 1. The first-order valence-corrected chi connectivity index (χ1v) is 6.24. The maximum Gasteiger partial charge on any atom is 0.161 e. The second-order valence-electron chi connectivity index (χ2n) is 4.32. The third kappa shape index (κ3) is 2.58. The quantitative estimate of drug-likeness (QED) is 0.664. The molecule has 0 bridgehead atoms. The summed E-state index contributed by atoms with van der Waals surface area (Å²) in [5.41, 5.74) is 5.77. The molecule has 0 amide bonds. The summed E-state index contributed by atoms with van der Waals surface area (Å²) in [6.07, 6.45) is 1.67. The average molecular weight is 281 g/mol. The Morgan fingerprint density at radius 3 is 2.79 bits per heavy atom. The molecule has 3 N–H and O–H groups in total. The maximum absolute atomic E-state index is 5.99. The molecule has 1 aromatic carbocycles. The molecule has 0 fully saturated rings. The lowest BCUT2D eigenvalue weighted by atomic mass is 9.99. The first-order chi connectivity index (χ1) is 9.08. The Bertz CT molecular complexity index is 582. The topological polar surface area (TPSA) is 65.1 Å². The van der Waals surface area contributed by atoms with Crippen LogP contribution in [0.2, 0.25) is 5.02 Å². The molecule has 1 aromatic heterocycles. The van der Waals surface area contributed by atoms with Gasteiger partial charge in [-0.2, -0.15) is 5.10 Å². The molecule has 0 saturated heterocycles. The van der Waals surface area contributed by atoms with Crippen LogP contribution < -0.4 is 16.0 Å². The molecule has 2 rings (SSSR count). The smallest absolute Gasteiger partial charge is 0.161 e. The van der Waals surface area contributed by atoms with Crippen molar-refractivity contribution in [2.45, 2.75) is 13.0 Å². The van der Waals surface area contributed by atoms with E-state index in [9.17, 15) is 0 Å². The minimum atomic E-state index is -0.209. The van der Waals surface area contributed by atoms with E-state index in [0.717, 1.165) is 16.8 Å². The Hall–Kier alpha value is -1.56. The summed E-state index contributed by atoms with van der Waals surface area (Å²) in [5.74, 6) is 6.41. The van der Waals surface area contributed by atoms with Crippen LogP contribution in [0.5, 0.6) is 5.75 Å². The Morgan fingerprint density at radius 2 is 2.21 bits per heavy atom. The zero-order valence-corrected chi connectivity index (χ0v) is 11.9. The van der Waals surface area contributed by atoms with Crippen molar-refractivity contribution in [3.05, 3.63) is 46.2 Å². The van der Waals surface area contributed by atoms with Crippen molar-refractivity contribution in [3.63, 3.8) is 0 Å². The fourth-order valence-corrected chi connectivity index (χ4v) is 2.42. The van der Waals surface area contributed by atoms with E-state index in [0.29, 0.717) is 10.8 Å². The van der Waals surface area contributed by atoms with Gasteiger partial charge < -0.3 is 4.74 Å². The normalized spacial score (nSPS) is 12.5. The number of hydrazine groups is 1. The number of methoxy groups -OCH3 is 1. The molecule has 1 unspecified atom stereocenters. The van der Waals surface area contributed by atoms with Gasteiger partial charge >= 0.3 is 0 Å². The van der Waals surface area contributed by atoms with Gasteiger partial charge in [0, 0.05) is 12.1 Å². The molecular weight excluding hydrogens is 264 g/mol. The average Bonchev–Trinajstić information content (AvgIpc) is 2.74. The monoisotopic (exact) mass is 280 g/mol. The predicted octanol–water partition coefficient (Wildman–Crippen LogP) is 1.94. The lowest BCUT2D eigenvalue weighted by molar-refractivity contribution is 0.401. The Labute approximate surface area is 117 Å². The van der Waals surface area contributed by atoms with Gasteiger partial charge in [-0.25, -0.2) is 5.43 Å². The number of nitrogens with two attached hydrogens (primary N) is 1. The molecule has 0 spiro atoms. The van der Waals surface area contributed by atoms with Gasteiger partial charge in [-0.05, 0) is 30.2 Å². The lowest BCUT2D eigenvalue weighted by Gasteiger charge is -2.20. The zero-order chi connectivity index (χ0) is 14.0. The highest BCUT2D eigenvalue weighted by Gasteiger charge is 2.22. The highest BCUT2D eigenvalue weighted by atomic mass is 35.5. The molecule has 6 heteroatoms. The van der Waals surface area contributed by atoms with Gasteiger partial charge in [0.1, 0.15) is 5.69 Å². The number of rotatable bonds is 4. The van der Waals surface area contributed by atoms with Crippen LogP contribution in [0.25, 0.3) is 0 Å². The number of ether oxygens (including phenoxy) is 1. The molecule has 102 valence electrons. The van der Waals surface area contributed by atoms with Crippen molar-refractivity contribution in [3.8, 4) is 5.75 Å². The van der Waals surface area contributed by atoms with Crippen molar-refractivity contribution in [1.29, 1.82) is 0 Å². The number of nitrogens with zero attached hydrogens (tertiary/aromatic N) is 2. The van der Waals surface area contributed by atoms with Gasteiger partial charge in [0.15, 0.2) is 5.75 Å². The second kappa shape index (κ2) is 5.61. The lowest BCUT2D eigenvalue weighted by Crippen LogP contribution is -2.31. The van der Waals surface area contributed by atoms with Crippen LogP contribution in [-0.4, -0.2) is 16.9 Å². The van der Waals surface area contributed by atoms with Crippen LogP contribution in [0, 0.1) is 6.92 Å². The number of hydrogen-bond acceptors (Lipinski definition) is 4. The van der Waals surface area contributed by atoms with E-state index < -0.39 is 0 Å². The van der Waals surface area contributed by atoms with E-state index >= 15 is 0 Å². The molecule has 0 saturated carbocycles. The Kier molecular flexibility index (Phi) is 4.09. The van der Waals surface area contributed by atoms with Crippen LogP contribution in [-0.2, 0) is 7.05 Å². The minimum absolute atomic E-state index is 0.209. The van der Waals surface area contributed by atoms with E-state index in [2.05, 4.69) is 10.5 Å². The third-order valence-corrected chi connectivity index (χ3v) is 3.39. The highest BCUT2D eigenvalue weighted by Crippen LogP contribution is 2.31. The molecule has 0 aliphatic heterocycles.